The van der Waals surface area contributed by atoms with Gasteiger partial charge in [0, 0.05) is 10.0 Å². The molecule has 0 aromatic heterocycles. The number of carbonyl (C=O) groups is 1. The number of ketones is 1. The van der Waals surface area contributed by atoms with Crippen LogP contribution in [0.2, 0.25) is 0 Å². The van der Waals surface area contributed by atoms with E-state index in [4.69, 9.17) is 5.73 Å². The van der Waals surface area contributed by atoms with Crippen LogP contribution in [-0.2, 0) is 0 Å². The summed E-state index contributed by atoms with van der Waals surface area (Å²) in [7, 11) is 0. The van der Waals surface area contributed by atoms with Gasteiger partial charge in [0.25, 0.3) is 0 Å². The highest BCUT2D eigenvalue weighted by Gasteiger charge is 2.37. The van der Waals surface area contributed by atoms with Crippen molar-refractivity contribution in [2.75, 3.05) is 0 Å². The fourth-order valence-electron chi connectivity index (χ4n) is 2.15. The molecule has 0 aliphatic heterocycles. The van der Waals surface area contributed by atoms with Gasteiger partial charge < -0.3 is 5.73 Å². The Kier molecular flexibility index (Phi) is 2.94. The lowest BCUT2D eigenvalue weighted by molar-refractivity contribution is 0.0891. The maximum atomic E-state index is 12.2. The molecule has 1 fully saturated rings. The zero-order chi connectivity index (χ0) is 10.9. The van der Waals surface area contributed by atoms with Gasteiger partial charge in [-0.25, -0.2) is 0 Å². The Bertz CT molecular complexity index is 383. The molecule has 2 N–H and O–H groups in total. The fraction of sp³-hybridized carbons (Fsp3) is 0.417. The maximum absolute atomic E-state index is 12.2. The third-order valence-corrected chi connectivity index (χ3v) is 3.76. The van der Waals surface area contributed by atoms with Gasteiger partial charge in [-0.3, -0.25) is 4.79 Å². The first-order valence-corrected chi connectivity index (χ1v) is 6.01. The van der Waals surface area contributed by atoms with Gasteiger partial charge in [-0.05, 0) is 18.9 Å². The summed E-state index contributed by atoms with van der Waals surface area (Å²) >= 11 is 3.39. The second-order valence-electron chi connectivity index (χ2n) is 4.17. The van der Waals surface area contributed by atoms with E-state index in [1.54, 1.807) is 0 Å². The lowest BCUT2D eigenvalue weighted by Gasteiger charge is -2.22. The van der Waals surface area contributed by atoms with Crippen molar-refractivity contribution in [3.63, 3.8) is 0 Å². The van der Waals surface area contributed by atoms with Crippen molar-refractivity contribution in [3.05, 3.63) is 34.3 Å². The lowest BCUT2D eigenvalue weighted by atomic mass is 9.89. The van der Waals surface area contributed by atoms with Gasteiger partial charge in [-0.1, -0.05) is 47.0 Å². The van der Waals surface area contributed by atoms with Gasteiger partial charge in [-0.15, -0.1) is 0 Å². The van der Waals surface area contributed by atoms with Gasteiger partial charge >= 0.3 is 0 Å². The van der Waals surface area contributed by atoms with E-state index < -0.39 is 5.54 Å². The zero-order valence-corrected chi connectivity index (χ0v) is 10.1. The number of hydrogen-bond acceptors (Lipinski definition) is 2. The van der Waals surface area contributed by atoms with Crippen LogP contribution in [0, 0.1) is 0 Å². The summed E-state index contributed by atoms with van der Waals surface area (Å²) < 4.78 is 0.840. The molecule has 2 nitrogen and oxygen atoms in total. The van der Waals surface area contributed by atoms with E-state index in [-0.39, 0.29) is 5.78 Å². The van der Waals surface area contributed by atoms with Crippen molar-refractivity contribution >= 4 is 21.7 Å². The normalized spacial score (nSPS) is 19.1. The van der Waals surface area contributed by atoms with Gasteiger partial charge in [0.1, 0.15) is 0 Å². The number of hydrogen-bond donors (Lipinski definition) is 1. The van der Waals surface area contributed by atoms with Crippen LogP contribution in [0.4, 0.5) is 0 Å². The summed E-state index contributed by atoms with van der Waals surface area (Å²) in [6.45, 7) is 0. The minimum Gasteiger partial charge on any atom is -0.319 e. The number of nitrogens with two attached hydrogens (primary N) is 1. The highest BCUT2D eigenvalue weighted by Crippen LogP contribution is 2.32. The summed E-state index contributed by atoms with van der Waals surface area (Å²) in [5.74, 6) is 0.0764. The van der Waals surface area contributed by atoms with Crippen molar-refractivity contribution in [3.8, 4) is 0 Å². The quantitative estimate of drug-likeness (QED) is 0.838. The first-order valence-electron chi connectivity index (χ1n) is 5.22. The van der Waals surface area contributed by atoms with Crippen LogP contribution in [0.5, 0.6) is 0 Å². The number of rotatable bonds is 2. The van der Waals surface area contributed by atoms with Gasteiger partial charge in [-0.2, -0.15) is 0 Å². The minimum absolute atomic E-state index is 0.0764. The van der Waals surface area contributed by atoms with E-state index in [9.17, 15) is 4.79 Å². The van der Waals surface area contributed by atoms with Gasteiger partial charge in [0.15, 0.2) is 5.78 Å². The third-order valence-electron chi connectivity index (χ3n) is 3.07. The van der Waals surface area contributed by atoms with E-state index >= 15 is 0 Å². The molecule has 0 radical (unpaired) electrons. The number of carbonyl (C=O) groups excluding carboxylic acids is 1. The second-order valence-corrected chi connectivity index (χ2v) is 5.03. The van der Waals surface area contributed by atoms with Crippen LogP contribution in [0.15, 0.2) is 28.7 Å². The molecule has 0 saturated heterocycles. The molecule has 15 heavy (non-hydrogen) atoms. The molecule has 1 saturated carbocycles. The van der Waals surface area contributed by atoms with E-state index in [2.05, 4.69) is 15.9 Å². The van der Waals surface area contributed by atoms with Crippen LogP contribution in [0.1, 0.15) is 36.0 Å². The van der Waals surface area contributed by atoms with Crippen molar-refractivity contribution in [1.29, 1.82) is 0 Å². The summed E-state index contributed by atoms with van der Waals surface area (Å²) in [5, 5.41) is 0. The molecule has 0 bridgehead atoms. The predicted molar refractivity (Wildman–Crippen MR) is 63.9 cm³/mol. The summed E-state index contributed by atoms with van der Waals surface area (Å²) in [5.41, 5.74) is 6.22. The van der Waals surface area contributed by atoms with Crippen LogP contribution in [0.3, 0.4) is 0 Å². The molecule has 0 amide bonds. The molecule has 0 unspecified atom stereocenters. The second kappa shape index (κ2) is 4.06. The Hall–Kier alpha value is -0.670. The van der Waals surface area contributed by atoms with Crippen molar-refractivity contribution in [2.45, 2.75) is 31.2 Å². The standard InChI is InChI=1S/C12H14BrNO/c13-10-6-2-1-5-9(10)11(15)12(14)7-3-4-8-12/h1-2,5-6H,3-4,7-8,14H2. The molecule has 3 heteroatoms. The van der Waals surface area contributed by atoms with E-state index in [0.29, 0.717) is 5.56 Å². The van der Waals surface area contributed by atoms with Crippen molar-refractivity contribution in [2.24, 2.45) is 5.73 Å². The Balaban J connectivity index is 2.32. The number of Topliss-reactive ketones (excluding diaryl/α,β-unsaturated/α-hetero) is 1. The van der Waals surface area contributed by atoms with E-state index in [1.165, 1.54) is 0 Å². The topological polar surface area (TPSA) is 43.1 Å². The largest absolute Gasteiger partial charge is 0.319 e. The summed E-state index contributed by atoms with van der Waals surface area (Å²) in [6, 6.07) is 7.49. The monoisotopic (exact) mass is 267 g/mol. The van der Waals surface area contributed by atoms with Crippen LogP contribution < -0.4 is 5.73 Å². The molecule has 80 valence electrons. The van der Waals surface area contributed by atoms with Crippen LogP contribution in [-0.4, -0.2) is 11.3 Å². The average molecular weight is 268 g/mol. The molecular weight excluding hydrogens is 254 g/mol. The van der Waals surface area contributed by atoms with Crippen LogP contribution in [0.25, 0.3) is 0 Å². The maximum Gasteiger partial charge on any atom is 0.183 e. The van der Waals surface area contributed by atoms with Gasteiger partial charge in [0.2, 0.25) is 0 Å². The highest BCUT2D eigenvalue weighted by molar-refractivity contribution is 9.10. The van der Waals surface area contributed by atoms with E-state index in [1.807, 2.05) is 24.3 Å². The van der Waals surface area contributed by atoms with E-state index in [0.717, 1.165) is 30.2 Å². The van der Waals surface area contributed by atoms with Crippen LogP contribution >= 0.6 is 15.9 Å². The molecule has 0 atom stereocenters. The molecule has 1 aromatic carbocycles. The third kappa shape index (κ3) is 1.99. The predicted octanol–water partition coefficient (Wildman–Crippen LogP) is 2.90. The molecule has 0 heterocycles. The van der Waals surface area contributed by atoms with Crippen molar-refractivity contribution < 1.29 is 4.79 Å². The molecule has 2 rings (SSSR count). The molecule has 1 aromatic rings. The molecule has 1 aliphatic carbocycles. The molecule has 1 aliphatic rings. The summed E-state index contributed by atoms with van der Waals surface area (Å²) in [4.78, 5) is 12.2. The van der Waals surface area contributed by atoms with Gasteiger partial charge in [0.05, 0.1) is 5.54 Å². The number of benzene rings is 1. The Morgan fingerprint density at radius 3 is 2.47 bits per heavy atom. The average Bonchev–Trinajstić information content (AvgIpc) is 2.66. The zero-order valence-electron chi connectivity index (χ0n) is 8.50. The lowest BCUT2D eigenvalue weighted by Crippen LogP contribution is -2.45. The van der Waals surface area contributed by atoms with Crippen molar-refractivity contribution in [1.82, 2.24) is 0 Å². The number of halogens is 1. The SMILES string of the molecule is NC1(C(=O)c2ccccc2Br)CCCC1. The molecular formula is C12H14BrNO. The highest BCUT2D eigenvalue weighted by atomic mass is 79.9. The smallest absolute Gasteiger partial charge is 0.183 e. The Morgan fingerprint density at radius 2 is 1.87 bits per heavy atom. The minimum atomic E-state index is -0.621. The Labute approximate surface area is 98.0 Å². The first-order chi connectivity index (χ1) is 7.13. The summed E-state index contributed by atoms with van der Waals surface area (Å²) in [6.07, 6.45) is 3.75. The Morgan fingerprint density at radius 1 is 1.27 bits per heavy atom. The fourth-order valence-corrected chi connectivity index (χ4v) is 2.61. The first kappa shape index (κ1) is 10.8. The molecule has 0 spiro atoms.